The van der Waals surface area contributed by atoms with Gasteiger partial charge in [0.2, 0.25) is 0 Å². The lowest BCUT2D eigenvalue weighted by molar-refractivity contribution is 0.568. The SMILES string of the molecule is CC(C)(C)c1nnsc1-c1nnc(CCNC2CC2)s1. The third kappa shape index (κ3) is 3.21. The van der Waals surface area contributed by atoms with Gasteiger partial charge in [0.15, 0.2) is 5.01 Å². The van der Waals surface area contributed by atoms with Crippen LogP contribution >= 0.6 is 22.9 Å². The van der Waals surface area contributed by atoms with Crippen LogP contribution in [0.5, 0.6) is 0 Å². The van der Waals surface area contributed by atoms with Crippen LogP contribution in [-0.4, -0.2) is 32.4 Å². The monoisotopic (exact) mass is 309 g/mol. The van der Waals surface area contributed by atoms with E-state index in [2.05, 4.69) is 45.9 Å². The molecule has 0 radical (unpaired) electrons. The lowest BCUT2D eigenvalue weighted by atomic mass is 9.91. The number of aromatic nitrogens is 4. The number of rotatable bonds is 5. The van der Waals surface area contributed by atoms with Gasteiger partial charge >= 0.3 is 0 Å². The third-order valence-electron chi connectivity index (χ3n) is 3.21. The van der Waals surface area contributed by atoms with Crippen LogP contribution in [0.1, 0.15) is 44.3 Å². The molecule has 0 spiro atoms. The van der Waals surface area contributed by atoms with Crippen molar-refractivity contribution in [1.29, 1.82) is 0 Å². The van der Waals surface area contributed by atoms with Crippen molar-refractivity contribution in [1.82, 2.24) is 25.1 Å². The lowest BCUT2D eigenvalue weighted by Gasteiger charge is -2.15. The standard InChI is InChI=1S/C13H19N5S2/c1-13(2,3)11-10(20-18-16-11)12-17-15-9(19-12)6-7-14-8-4-5-8/h8,14H,4-7H2,1-3H3. The Hall–Kier alpha value is -0.920. The van der Waals surface area contributed by atoms with Crippen molar-refractivity contribution in [2.24, 2.45) is 0 Å². The highest BCUT2D eigenvalue weighted by Gasteiger charge is 2.25. The highest BCUT2D eigenvalue weighted by Crippen LogP contribution is 2.35. The summed E-state index contributed by atoms with van der Waals surface area (Å²) in [4.78, 5) is 1.07. The van der Waals surface area contributed by atoms with Gasteiger partial charge in [0.1, 0.15) is 9.88 Å². The van der Waals surface area contributed by atoms with Gasteiger partial charge in [-0.15, -0.1) is 15.3 Å². The summed E-state index contributed by atoms with van der Waals surface area (Å²) < 4.78 is 4.09. The van der Waals surface area contributed by atoms with E-state index in [4.69, 9.17) is 0 Å². The van der Waals surface area contributed by atoms with E-state index in [0.29, 0.717) is 0 Å². The minimum atomic E-state index is -0.0122. The van der Waals surface area contributed by atoms with Crippen molar-refractivity contribution in [3.63, 3.8) is 0 Å². The van der Waals surface area contributed by atoms with E-state index in [1.54, 1.807) is 11.3 Å². The molecule has 0 bridgehead atoms. The first-order valence-electron chi connectivity index (χ1n) is 6.93. The molecule has 108 valence electrons. The summed E-state index contributed by atoms with van der Waals surface area (Å²) in [7, 11) is 0. The Bertz CT molecular complexity index is 580. The molecule has 20 heavy (non-hydrogen) atoms. The summed E-state index contributed by atoms with van der Waals surface area (Å²) in [6.07, 6.45) is 3.59. The molecule has 5 nitrogen and oxygen atoms in total. The van der Waals surface area contributed by atoms with Gasteiger partial charge < -0.3 is 5.32 Å². The molecule has 1 aliphatic rings. The van der Waals surface area contributed by atoms with Gasteiger partial charge in [0.25, 0.3) is 0 Å². The van der Waals surface area contributed by atoms with Gasteiger partial charge in [-0.05, 0) is 24.4 Å². The molecular formula is C13H19N5S2. The first kappa shape index (κ1) is 14.0. The summed E-state index contributed by atoms with van der Waals surface area (Å²) >= 11 is 3.07. The molecule has 0 amide bonds. The van der Waals surface area contributed by atoms with Gasteiger partial charge in [-0.2, -0.15) is 0 Å². The minimum absolute atomic E-state index is 0.0122. The van der Waals surface area contributed by atoms with Crippen molar-refractivity contribution in [3.8, 4) is 9.88 Å². The molecule has 7 heteroatoms. The van der Waals surface area contributed by atoms with Crippen LogP contribution in [0.2, 0.25) is 0 Å². The first-order valence-corrected chi connectivity index (χ1v) is 8.52. The Balaban J connectivity index is 1.71. The Morgan fingerprint density at radius 3 is 2.70 bits per heavy atom. The molecule has 3 rings (SSSR count). The normalized spacial score (nSPS) is 15.8. The maximum absolute atomic E-state index is 4.32. The molecule has 1 N–H and O–H groups in total. The number of nitrogens with one attached hydrogen (secondary N) is 1. The summed E-state index contributed by atoms with van der Waals surface area (Å²) in [5.41, 5.74) is 1.00. The number of hydrogen-bond acceptors (Lipinski definition) is 7. The van der Waals surface area contributed by atoms with Crippen molar-refractivity contribution < 1.29 is 0 Å². The van der Waals surface area contributed by atoms with Crippen LogP contribution in [0.3, 0.4) is 0 Å². The third-order valence-corrected chi connectivity index (χ3v) is 5.07. The van der Waals surface area contributed by atoms with E-state index in [1.807, 2.05) is 0 Å². The Labute approximate surface area is 127 Å². The molecule has 1 fully saturated rings. The minimum Gasteiger partial charge on any atom is -0.314 e. The lowest BCUT2D eigenvalue weighted by Crippen LogP contribution is -2.19. The summed E-state index contributed by atoms with van der Waals surface area (Å²) in [5.74, 6) is 0. The van der Waals surface area contributed by atoms with Gasteiger partial charge in [0.05, 0.1) is 5.69 Å². The maximum Gasteiger partial charge on any atom is 0.161 e. The molecule has 2 aromatic rings. The first-order chi connectivity index (χ1) is 9.54. The molecule has 0 unspecified atom stereocenters. The summed E-state index contributed by atoms with van der Waals surface area (Å²) in [6, 6.07) is 0.751. The zero-order valence-electron chi connectivity index (χ0n) is 12.0. The van der Waals surface area contributed by atoms with Crippen molar-refractivity contribution in [3.05, 3.63) is 10.7 Å². The Kier molecular flexibility index (Phi) is 3.83. The Morgan fingerprint density at radius 2 is 2.00 bits per heavy atom. The second-order valence-corrected chi connectivity index (χ2v) is 8.00. The van der Waals surface area contributed by atoms with Crippen LogP contribution in [-0.2, 0) is 11.8 Å². The molecule has 0 atom stereocenters. The van der Waals surface area contributed by atoms with E-state index in [0.717, 1.165) is 39.6 Å². The van der Waals surface area contributed by atoms with Gasteiger partial charge in [0, 0.05) is 24.4 Å². The van der Waals surface area contributed by atoms with E-state index in [9.17, 15) is 0 Å². The van der Waals surface area contributed by atoms with Gasteiger partial charge in [-0.1, -0.05) is 36.6 Å². The zero-order chi connectivity index (χ0) is 14.2. The fraction of sp³-hybridized carbons (Fsp3) is 0.692. The second-order valence-electron chi connectivity index (χ2n) is 6.18. The van der Waals surface area contributed by atoms with E-state index in [-0.39, 0.29) is 5.41 Å². The average Bonchev–Trinajstić information content (AvgIpc) is 2.91. The molecule has 2 heterocycles. The van der Waals surface area contributed by atoms with Gasteiger partial charge in [-0.3, -0.25) is 0 Å². The zero-order valence-corrected chi connectivity index (χ0v) is 13.6. The molecule has 0 saturated heterocycles. The largest absolute Gasteiger partial charge is 0.314 e. The molecule has 0 aromatic carbocycles. The molecule has 2 aromatic heterocycles. The van der Waals surface area contributed by atoms with Crippen molar-refractivity contribution >= 4 is 22.9 Å². The smallest absolute Gasteiger partial charge is 0.161 e. The van der Waals surface area contributed by atoms with Crippen LogP contribution in [0.15, 0.2) is 0 Å². The highest BCUT2D eigenvalue weighted by molar-refractivity contribution is 7.19. The van der Waals surface area contributed by atoms with Crippen molar-refractivity contribution in [2.75, 3.05) is 6.54 Å². The maximum atomic E-state index is 4.32. The van der Waals surface area contributed by atoms with Crippen LogP contribution in [0, 0.1) is 0 Å². The van der Waals surface area contributed by atoms with Gasteiger partial charge in [-0.25, -0.2) is 0 Å². The van der Waals surface area contributed by atoms with Crippen LogP contribution < -0.4 is 5.32 Å². The predicted octanol–water partition coefficient (Wildman–Crippen LogP) is 2.65. The summed E-state index contributed by atoms with van der Waals surface area (Å²) in [5, 5.41) is 18.4. The highest BCUT2D eigenvalue weighted by atomic mass is 32.1. The molecule has 1 saturated carbocycles. The topological polar surface area (TPSA) is 63.6 Å². The molecular weight excluding hydrogens is 290 g/mol. The van der Waals surface area contributed by atoms with E-state index < -0.39 is 0 Å². The molecule has 1 aliphatic carbocycles. The van der Waals surface area contributed by atoms with Crippen LogP contribution in [0.4, 0.5) is 0 Å². The Morgan fingerprint density at radius 1 is 1.20 bits per heavy atom. The predicted molar refractivity (Wildman–Crippen MR) is 82.2 cm³/mol. The number of hydrogen-bond donors (Lipinski definition) is 1. The summed E-state index contributed by atoms with van der Waals surface area (Å²) in [6.45, 7) is 7.44. The van der Waals surface area contributed by atoms with Crippen LogP contribution in [0.25, 0.3) is 9.88 Å². The molecule has 0 aliphatic heterocycles. The second kappa shape index (κ2) is 5.46. The fourth-order valence-corrected chi connectivity index (χ4v) is 3.71. The quantitative estimate of drug-likeness (QED) is 0.920. The number of nitrogens with zero attached hydrogens (tertiary/aromatic N) is 4. The van der Waals surface area contributed by atoms with Crippen molar-refractivity contribution in [2.45, 2.75) is 51.5 Å². The van der Waals surface area contributed by atoms with E-state index >= 15 is 0 Å². The fourth-order valence-electron chi connectivity index (χ4n) is 1.94. The van der Waals surface area contributed by atoms with E-state index in [1.165, 1.54) is 24.4 Å². The average molecular weight is 309 g/mol.